The number of allylic oxidation sites excluding steroid dienone is 1. The number of halogens is 4. The monoisotopic (exact) mass is 349 g/mol. The first-order chi connectivity index (χ1) is 10.6. The predicted molar refractivity (Wildman–Crippen MR) is 74.5 cm³/mol. The van der Waals surface area contributed by atoms with E-state index in [1.165, 1.54) is 13.0 Å². The summed E-state index contributed by atoms with van der Waals surface area (Å²) in [6.45, 7) is 1.18. The lowest BCUT2D eigenvalue weighted by atomic mass is 9.89. The van der Waals surface area contributed by atoms with Gasteiger partial charge in [0.25, 0.3) is 5.91 Å². The number of aromatic nitrogens is 1. The molecule has 1 amide bonds. The molecule has 1 atom stereocenters. The molecule has 2 rings (SSSR count). The van der Waals surface area contributed by atoms with E-state index in [4.69, 9.17) is 11.6 Å². The number of hydrogen-bond donors (Lipinski definition) is 2. The molecule has 0 aromatic carbocycles. The molecule has 1 aromatic heterocycles. The van der Waals surface area contributed by atoms with E-state index in [-0.39, 0.29) is 16.5 Å². The molecule has 1 aliphatic heterocycles. The van der Waals surface area contributed by atoms with Crippen LogP contribution in [0.2, 0.25) is 5.02 Å². The van der Waals surface area contributed by atoms with Crippen molar-refractivity contribution in [1.82, 2.24) is 10.3 Å². The van der Waals surface area contributed by atoms with Crippen molar-refractivity contribution in [3.8, 4) is 0 Å². The fraction of sp³-hybridized carbons (Fsp3) is 0.308. The summed E-state index contributed by atoms with van der Waals surface area (Å²) in [6.07, 6.45) is -4.02. The molecule has 0 spiro atoms. The third-order valence-corrected chi connectivity index (χ3v) is 3.47. The molecule has 2 heterocycles. The summed E-state index contributed by atoms with van der Waals surface area (Å²) in [4.78, 5) is 27.6. The number of ether oxygens (including phenoxy) is 1. The van der Waals surface area contributed by atoms with Crippen LogP contribution in [0.15, 0.2) is 29.6 Å². The third-order valence-electron chi connectivity index (χ3n) is 3.25. The lowest BCUT2D eigenvalue weighted by molar-refractivity contribution is -0.178. The number of nitrogens with zero attached hydrogens (tertiary/aromatic N) is 1. The van der Waals surface area contributed by atoms with E-state index in [0.717, 1.165) is 19.4 Å². The zero-order chi connectivity index (χ0) is 17.4. The number of alkyl halides is 3. The molecular formula is C13H11ClF3N3O3. The number of carbonyl (C=O) groups is 2. The molecule has 0 radical (unpaired) electrons. The molecule has 2 N–H and O–H groups in total. The average Bonchev–Trinajstić information content (AvgIpc) is 2.72. The second kappa shape index (κ2) is 5.73. The maximum atomic E-state index is 13.7. The van der Waals surface area contributed by atoms with Gasteiger partial charge in [0.2, 0.25) is 5.54 Å². The topological polar surface area (TPSA) is 80.3 Å². The smallest absolute Gasteiger partial charge is 0.425 e. The minimum absolute atomic E-state index is 0.201. The number of carbonyl (C=O) groups excluding carboxylic acids is 2. The van der Waals surface area contributed by atoms with Gasteiger partial charge in [-0.15, -0.1) is 0 Å². The number of methoxy groups -OCH3 is 1. The highest BCUT2D eigenvalue weighted by Gasteiger charge is 2.68. The summed E-state index contributed by atoms with van der Waals surface area (Å²) < 4.78 is 45.6. The molecule has 10 heteroatoms. The number of rotatable bonds is 3. The Kier molecular flexibility index (Phi) is 4.25. The molecule has 1 aromatic rings. The zero-order valence-corrected chi connectivity index (χ0v) is 12.7. The fourth-order valence-corrected chi connectivity index (χ4v) is 2.34. The van der Waals surface area contributed by atoms with Crippen LogP contribution < -0.4 is 10.6 Å². The van der Waals surface area contributed by atoms with Crippen molar-refractivity contribution in [2.24, 2.45) is 0 Å². The quantitative estimate of drug-likeness (QED) is 0.816. The first kappa shape index (κ1) is 17.1. The minimum atomic E-state index is -5.13. The lowest BCUT2D eigenvalue weighted by Crippen LogP contribution is -2.60. The minimum Gasteiger partial charge on any atom is -0.466 e. The Morgan fingerprint density at radius 2 is 2.09 bits per heavy atom. The molecule has 6 nitrogen and oxygen atoms in total. The Hall–Kier alpha value is -2.29. The Balaban J connectivity index is 2.61. The maximum absolute atomic E-state index is 13.7. The summed E-state index contributed by atoms with van der Waals surface area (Å²) in [7, 11) is 0.924. The standard InChI is InChI=1S/C13H11ClF3N3O3/c1-6-9(10(21)23-2)12(11(22)19-6,13(15,16)17)20-8-4-3-7(14)5-18-8/h3-5H,1-2H3,(H,18,20)(H,19,22)/t12-/m1/s1. The first-order valence-corrected chi connectivity index (χ1v) is 6.59. The van der Waals surface area contributed by atoms with Crippen molar-refractivity contribution in [2.45, 2.75) is 18.6 Å². The van der Waals surface area contributed by atoms with Gasteiger partial charge in [-0.2, -0.15) is 13.2 Å². The zero-order valence-electron chi connectivity index (χ0n) is 11.9. The number of anilines is 1. The largest absolute Gasteiger partial charge is 0.466 e. The van der Waals surface area contributed by atoms with Crippen LogP contribution in [0.1, 0.15) is 6.92 Å². The molecule has 0 fully saturated rings. The van der Waals surface area contributed by atoms with Crippen LogP contribution >= 0.6 is 11.6 Å². The van der Waals surface area contributed by atoms with E-state index in [2.05, 4.69) is 9.72 Å². The van der Waals surface area contributed by atoms with Crippen LogP contribution in [-0.4, -0.2) is 35.7 Å². The average molecular weight is 350 g/mol. The summed E-state index contributed by atoms with van der Waals surface area (Å²) >= 11 is 5.63. The lowest BCUT2D eigenvalue weighted by Gasteiger charge is -2.32. The van der Waals surface area contributed by atoms with E-state index in [0.29, 0.717) is 0 Å². The van der Waals surface area contributed by atoms with Gasteiger partial charge in [0.1, 0.15) is 11.4 Å². The Bertz CT molecular complexity index is 688. The van der Waals surface area contributed by atoms with E-state index in [1.807, 2.05) is 10.6 Å². The van der Waals surface area contributed by atoms with Gasteiger partial charge >= 0.3 is 12.1 Å². The van der Waals surface area contributed by atoms with Gasteiger partial charge < -0.3 is 15.4 Å². The molecule has 1 aliphatic rings. The molecule has 0 saturated heterocycles. The molecule has 23 heavy (non-hydrogen) atoms. The van der Waals surface area contributed by atoms with Gasteiger partial charge in [-0.05, 0) is 19.1 Å². The van der Waals surface area contributed by atoms with Gasteiger partial charge in [-0.3, -0.25) is 4.79 Å². The van der Waals surface area contributed by atoms with Gasteiger partial charge in [0.05, 0.1) is 12.1 Å². The number of nitrogens with one attached hydrogen (secondary N) is 2. The van der Waals surface area contributed by atoms with Crippen molar-refractivity contribution in [1.29, 1.82) is 0 Å². The van der Waals surface area contributed by atoms with E-state index in [9.17, 15) is 22.8 Å². The van der Waals surface area contributed by atoms with Crippen molar-refractivity contribution in [3.63, 3.8) is 0 Å². The molecular weight excluding hydrogens is 339 g/mol. The van der Waals surface area contributed by atoms with Crippen molar-refractivity contribution < 1.29 is 27.5 Å². The summed E-state index contributed by atoms with van der Waals surface area (Å²) in [5.74, 6) is -3.00. The SMILES string of the molecule is COC(=O)C1=C(C)NC(=O)[C@@]1(Nc1ccc(Cl)cn1)C(F)(F)F. The van der Waals surface area contributed by atoms with Crippen molar-refractivity contribution in [3.05, 3.63) is 34.6 Å². The molecule has 0 saturated carbocycles. The van der Waals surface area contributed by atoms with Gasteiger partial charge in [-0.25, -0.2) is 9.78 Å². The van der Waals surface area contributed by atoms with Gasteiger partial charge in [0.15, 0.2) is 0 Å². The number of hydrogen-bond acceptors (Lipinski definition) is 5. The number of amides is 1. The van der Waals surface area contributed by atoms with Crippen LogP contribution in [0.5, 0.6) is 0 Å². The first-order valence-electron chi connectivity index (χ1n) is 6.21. The maximum Gasteiger partial charge on any atom is 0.425 e. The highest BCUT2D eigenvalue weighted by Crippen LogP contribution is 2.43. The van der Waals surface area contributed by atoms with E-state index < -0.39 is 29.2 Å². The summed E-state index contributed by atoms with van der Waals surface area (Å²) in [6, 6.07) is 2.45. The molecule has 0 unspecified atom stereocenters. The molecule has 0 aliphatic carbocycles. The molecule has 0 bridgehead atoms. The van der Waals surface area contributed by atoms with Crippen LogP contribution in [0.25, 0.3) is 0 Å². The summed E-state index contributed by atoms with van der Waals surface area (Å²) in [5.41, 5.74) is -4.42. The number of esters is 1. The van der Waals surface area contributed by atoms with Crippen LogP contribution in [-0.2, 0) is 14.3 Å². The van der Waals surface area contributed by atoms with Crippen molar-refractivity contribution in [2.75, 3.05) is 12.4 Å². The molecule has 124 valence electrons. The second-order valence-electron chi connectivity index (χ2n) is 4.68. The Labute approximate surface area is 133 Å². The predicted octanol–water partition coefficient (Wildman–Crippen LogP) is 2.02. The Morgan fingerprint density at radius 1 is 1.43 bits per heavy atom. The number of pyridine rings is 1. The van der Waals surface area contributed by atoms with E-state index >= 15 is 0 Å². The van der Waals surface area contributed by atoms with Crippen LogP contribution in [0.4, 0.5) is 19.0 Å². The Morgan fingerprint density at radius 3 is 2.57 bits per heavy atom. The van der Waals surface area contributed by atoms with Gasteiger partial charge in [-0.1, -0.05) is 11.6 Å². The highest BCUT2D eigenvalue weighted by atomic mass is 35.5. The van der Waals surface area contributed by atoms with Crippen LogP contribution in [0.3, 0.4) is 0 Å². The fourth-order valence-electron chi connectivity index (χ4n) is 2.23. The highest BCUT2D eigenvalue weighted by molar-refractivity contribution is 6.30. The van der Waals surface area contributed by atoms with Gasteiger partial charge in [0, 0.05) is 11.9 Å². The van der Waals surface area contributed by atoms with Crippen molar-refractivity contribution >= 4 is 29.3 Å². The van der Waals surface area contributed by atoms with E-state index in [1.54, 1.807) is 0 Å². The third kappa shape index (κ3) is 2.72. The second-order valence-corrected chi connectivity index (χ2v) is 5.12. The normalized spacial score (nSPS) is 21.2. The summed E-state index contributed by atoms with van der Waals surface area (Å²) in [5, 5.41) is 4.22. The van der Waals surface area contributed by atoms with Crippen LogP contribution in [0, 0.1) is 0 Å².